The lowest BCUT2D eigenvalue weighted by Gasteiger charge is -2.10. The van der Waals surface area contributed by atoms with Crippen LogP contribution < -0.4 is 5.32 Å². The fourth-order valence-electron chi connectivity index (χ4n) is 1.75. The van der Waals surface area contributed by atoms with Crippen molar-refractivity contribution in [3.05, 3.63) is 42.1 Å². The van der Waals surface area contributed by atoms with Crippen LogP contribution in [0.1, 0.15) is 5.56 Å². The smallest absolute Gasteiger partial charge is 0.0895 e. The van der Waals surface area contributed by atoms with E-state index in [0.29, 0.717) is 13.1 Å². The van der Waals surface area contributed by atoms with Gasteiger partial charge in [-0.25, -0.2) is 0 Å². The van der Waals surface area contributed by atoms with Gasteiger partial charge in [0.2, 0.25) is 0 Å². The Balaban J connectivity index is 2.08. The number of nitrogens with one attached hydrogen (secondary N) is 1. The second-order valence-corrected chi connectivity index (χ2v) is 3.96. The predicted molar refractivity (Wildman–Crippen MR) is 66.5 cm³/mol. The first-order valence-corrected chi connectivity index (χ1v) is 5.63. The van der Waals surface area contributed by atoms with E-state index in [1.54, 1.807) is 6.20 Å². The summed E-state index contributed by atoms with van der Waals surface area (Å²) in [6.07, 6.45) is 1.06. The highest BCUT2D eigenvalue weighted by Gasteiger charge is 2.03. The quantitative estimate of drug-likeness (QED) is 0.709. The molecule has 1 atom stereocenters. The van der Waals surface area contributed by atoms with Crippen LogP contribution in [0.25, 0.3) is 10.9 Å². The molecule has 0 spiro atoms. The van der Waals surface area contributed by atoms with E-state index >= 15 is 0 Å². The van der Waals surface area contributed by atoms with Crippen LogP contribution in [0.15, 0.2) is 36.5 Å². The van der Waals surface area contributed by atoms with Gasteiger partial charge in [-0.2, -0.15) is 0 Å². The Bertz CT molecular complexity index is 482. The molecule has 0 aliphatic carbocycles. The molecule has 3 N–H and O–H groups in total. The van der Waals surface area contributed by atoms with E-state index in [2.05, 4.69) is 10.3 Å². The summed E-state index contributed by atoms with van der Waals surface area (Å²) in [4.78, 5) is 4.35. The van der Waals surface area contributed by atoms with Gasteiger partial charge >= 0.3 is 0 Å². The van der Waals surface area contributed by atoms with Crippen LogP contribution in [-0.4, -0.2) is 34.5 Å². The van der Waals surface area contributed by atoms with Crippen molar-refractivity contribution in [3.8, 4) is 0 Å². The van der Waals surface area contributed by atoms with E-state index in [1.165, 1.54) is 0 Å². The first-order chi connectivity index (χ1) is 8.31. The number of aliphatic hydroxyl groups is 2. The number of nitrogens with zero attached hydrogens (tertiary/aromatic N) is 1. The maximum atomic E-state index is 9.22. The summed E-state index contributed by atoms with van der Waals surface area (Å²) in [5.41, 5.74) is 2.06. The molecule has 0 aliphatic heterocycles. The second-order valence-electron chi connectivity index (χ2n) is 3.96. The molecule has 90 valence electrons. The normalized spacial score (nSPS) is 12.8. The summed E-state index contributed by atoms with van der Waals surface area (Å²) in [7, 11) is 0. The van der Waals surface area contributed by atoms with Crippen LogP contribution in [0.5, 0.6) is 0 Å². The van der Waals surface area contributed by atoms with Crippen LogP contribution >= 0.6 is 0 Å². The summed E-state index contributed by atoms with van der Waals surface area (Å²) in [6.45, 7) is 0.784. The molecule has 2 aromatic rings. The van der Waals surface area contributed by atoms with Crippen molar-refractivity contribution in [2.45, 2.75) is 12.6 Å². The first-order valence-electron chi connectivity index (χ1n) is 5.63. The number of aromatic nitrogens is 1. The minimum Gasteiger partial charge on any atom is -0.394 e. The van der Waals surface area contributed by atoms with Crippen LogP contribution in [0.4, 0.5) is 0 Å². The Labute approximate surface area is 99.9 Å². The Morgan fingerprint density at radius 1 is 1.24 bits per heavy atom. The number of benzene rings is 1. The van der Waals surface area contributed by atoms with E-state index in [4.69, 9.17) is 5.11 Å². The average molecular weight is 232 g/mol. The minimum atomic E-state index is -0.710. The molecule has 2 rings (SSSR count). The highest BCUT2D eigenvalue weighted by molar-refractivity contribution is 5.81. The lowest BCUT2D eigenvalue weighted by atomic mass is 10.1. The second kappa shape index (κ2) is 5.72. The summed E-state index contributed by atoms with van der Waals surface area (Å²) in [5.74, 6) is 0. The lowest BCUT2D eigenvalue weighted by Crippen LogP contribution is -2.29. The van der Waals surface area contributed by atoms with E-state index < -0.39 is 6.10 Å². The van der Waals surface area contributed by atoms with Crippen molar-refractivity contribution < 1.29 is 10.2 Å². The van der Waals surface area contributed by atoms with Crippen molar-refractivity contribution in [3.63, 3.8) is 0 Å². The third-order valence-corrected chi connectivity index (χ3v) is 2.62. The molecule has 0 radical (unpaired) electrons. The average Bonchev–Trinajstić information content (AvgIpc) is 2.39. The number of para-hydroxylation sites is 1. The molecule has 4 heteroatoms. The van der Waals surface area contributed by atoms with Gasteiger partial charge in [0.05, 0.1) is 18.2 Å². The monoisotopic (exact) mass is 232 g/mol. The number of fused-ring (bicyclic) bond motifs is 1. The van der Waals surface area contributed by atoms with Gasteiger partial charge in [0.1, 0.15) is 0 Å². The van der Waals surface area contributed by atoms with Crippen LogP contribution in [0.3, 0.4) is 0 Å². The van der Waals surface area contributed by atoms with Crippen molar-refractivity contribution in [2.75, 3.05) is 13.2 Å². The van der Waals surface area contributed by atoms with Gasteiger partial charge in [-0.3, -0.25) is 4.98 Å². The van der Waals surface area contributed by atoms with Crippen molar-refractivity contribution in [2.24, 2.45) is 0 Å². The first kappa shape index (κ1) is 12.0. The molecule has 17 heavy (non-hydrogen) atoms. The molecule has 4 nitrogen and oxygen atoms in total. The molecule has 1 aromatic carbocycles. The fourth-order valence-corrected chi connectivity index (χ4v) is 1.75. The molecular formula is C13H16N2O2. The Hall–Kier alpha value is -1.49. The maximum Gasteiger partial charge on any atom is 0.0895 e. The van der Waals surface area contributed by atoms with Gasteiger partial charge in [0.15, 0.2) is 0 Å². The zero-order valence-corrected chi connectivity index (χ0v) is 9.50. The highest BCUT2D eigenvalue weighted by atomic mass is 16.3. The van der Waals surface area contributed by atoms with E-state index in [1.807, 2.05) is 30.3 Å². The SMILES string of the molecule is OCC(O)CNCc1cccc2cccnc12. The van der Waals surface area contributed by atoms with E-state index in [0.717, 1.165) is 16.5 Å². The molecule has 0 saturated heterocycles. The van der Waals surface area contributed by atoms with Gasteiger partial charge in [-0.1, -0.05) is 24.3 Å². The molecular weight excluding hydrogens is 216 g/mol. The topological polar surface area (TPSA) is 65.4 Å². The van der Waals surface area contributed by atoms with Gasteiger partial charge in [-0.05, 0) is 11.6 Å². The highest BCUT2D eigenvalue weighted by Crippen LogP contribution is 2.15. The fraction of sp³-hybridized carbons (Fsp3) is 0.308. The number of rotatable bonds is 5. The van der Waals surface area contributed by atoms with Crippen molar-refractivity contribution in [1.82, 2.24) is 10.3 Å². The van der Waals surface area contributed by atoms with Gasteiger partial charge in [0.25, 0.3) is 0 Å². The van der Waals surface area contributed by atoms with E-state index in [9.17, 15) is 5.11 Å². The number of aliphatic hydroxyl groups excluding tert-OH is 2. The zero-order valence-electron chi connectivity index (χ0n) is 9.50. The summed E-state index contributed by atoms with van der Waals surface area (Å²) >= 11 is 0. The lowest BCUT2D eigenvalue weighted by molar-refractivity contribution is 0.0942. The Morgan fingerprint density at radius 2 is 2.06 bits per heavy atom. The largest absolute Gasteiger partial charge is 0.394 e. The third-order valence-electron chi connectivity index (χ3n) is 2.62. The molecule has 0 bridgehead atoms. The number of hydrogen-bond acceptors (Lipinski definition) is 4. The molecule has 1 heterocycles. The number of hydrogen-bond donors (Lipinski definition) is 3. The summed E-state index contributed by atoms with van der Waals surface area (Å²) < 4.78 is 0. The predicted octanol–water partition coefficient (Wildman–Crippen LogP) is 0.678. The summed E-state index contributed by atoms with van der Waals surface area (Å²) in [5, 5.41) is 22.1. The third kappa shape index (κ3) is 3.00. The zero-order chi connectivity index (χ0) is 12.1. The maximum absolute atomic E-state index is 9.22. The van der Waals surface area contributed by atoms with Crippen LogP contribution in [0.2, 0.25) is 0 Å². The minimum absolute atomic E-state index is 0.221. The van der Waals surface area contributed by atoms with E-state index in [-0.39, 0.29) is 6.61 Å². The van der Waals surface area contributed by atoms with Gasteiger partial charge < -0.3 is 15.5 Å². The van der Waals surface area contributed by atoms with Crippen molar-refractivity contribution >= 4 is 10.9 Å². The van der Waals surface area contributed by atoms with Gasteiger partial charge in [-0.15, -0.1) is 0 Å². The Kier molecular flexibility index (Phi) is 4.03. The number of pyridine rings is 1. The van der Waals surface area contributed by atoms with Gasteiger partial charge in [0, 0.05) is 24.7 Å². The molecule has 1 aromatic heterocycles. The Morgan fingerprint density at radius 3 is 2.88 bits per heavy atom. The summed E-state index contributed by atoms with van der Waals surface area (Å²) in [6, 6.07) is 9.95. The van der Waals surface area contributed by atoms with Crippen molar-refractivity contribution in [1.29, 1.82) is 0 Å². The standard InChI is InChI=1S/C13H16N2O2/c16-9-12(17)8-14-7-11-4-1-3-10-5-2-6-15-13(10)11/h1-6,12,14,16-17H,7-9H2. The molecule has 0 amide bonds. The van der Waals surface area contributed by atoms with Crippen LogP contribution in [0, 0.1) is 0 Å². The molecule has 0 fully saturated rings. The molecule has 0 saturated carbocycles. The molecule has 1 unspecified atom stereocenters. The molecule has 0 aliphatic rings. The van der Waals surface area contributed by atoms with Crippen LogP contribution in [-0.2, 0) is 6.54 Å².